The molecule has 0 heterocycles. The number of esters is 1. The Balaban J connectivity index is 2.27. The summed E-state index contributed by atoms with van der Waals surface area (Å²) in [5.74, 6) is 0.268. The lowest BCUT2D eigenvalue weighted by Gasteiger charge is -2.18. The molecular weight excluding hydrogens is 224 g/mol. The highest BCUT2D eigenvalue weighted by Gasteiger charge is 2.24. The van der Waals surface area contributed by atoms with Gasteiger partial charge in [-0.25, -0.2) is 0 Å². The second kappa shape index (κ2) is 5.55. The minimum atomic E-state index is -0.110. The van der Waals surface area contributed by atoms with E-state index in [4.69, 9.17) is 4.74 Å². The molecule has 0 radical (unpaired) electrons. The Morgan fingerprint density at radius 1 is 1.28 bits per heavy atom. The summed E-state index contributed by atoms with van der Waals surface area (Å²) in [4.78, 5) is 11.9. The SMILES string of the molecule is COC(=O)C(CC(C)C)c1ccc2c(c1)CCC2. The van der Waals surface area contributed by atoms with Crippen molar-refractivity contribution in [2.24, 2.45) is 5.92 Å². The van der Waals surface area contributed by atoms with Crippen molar-refractivity contribution in [3.63, 3.8) is 0 Å². The molecule has 0 amide bonds. The van der Waals surface area contributed by atoms with E-state index in [0.29, 0.717) is 5.92 Å². The van der Waals surface area contributed by atoms with Crippen molar-refractivity contribution in [3.8, 4) is 0 Å². The molecule has 0 N–H and O–H groups in total. The molecule has 98 valence electrons. The van der Waals surface area contributed by atoms with Crippen molar-refractivity contribution in [3.05, 3.63) is 34.9 Å². The smallest absolute Gasteiger partial charge is 0.313 e. The number of benzene rings is 1. The van der Waals surface area contributed by atoms with Gasteiger partial charge in [0, 0.05) is 0 Å². The maximum Gasteiger partial charge on any atom is 0.313 e. The van der Waals surface area contributed by atoms with Crippen molar-refractivity contribution in [2.75, 3.05) is 7.11 Å². The Bertz CT molecular complexity index is 435. The van der Waals surface area contributed by atoms with Crippen LogP contribution in [0, 0.1) is 5.92 Å². The molecule has 1 unspecified atom stereocenters. The van der Waals surface area contributed by atoms with E-state index in [1.807, 2.05) is 0 Å². The Hall–Kier alpha value is -1.31. The number of ether oxygens (including phenoxy) is 1. The molecule has 1 aliphatic rings. The fourth-order valence-electron chi connectivity index (χ4n) is 2.79. The third-order valence-corrected chi connectivity index (χ3v) is 3.72. The Morgan fingerprint density at radius 2 is 2.00 bits per heavy atom. The largest absolute Gasteiger partial charge is 0.469 e. The molecule has 1 aromatic carbocycles. The fourth-order valence-corrected chi connectivity index (χ4v) is 2.79. The predicted molar refractivity (Wildman–Crippen MR) is 72.7 cm³/mol. The van der Waals surface area contributed by atoms with Gasteiger partial charge in [-0.2, -0.15) is 0 Å². The lowest BCUT2D eigenvalue weighted by Crippen LogP contribution is -2.16. The molecule has 1 atom stereocenters. The standard InChI is InChI=1S/C16H22O2/c1-11(2)9-15(16(17)18-3)14-8-7-12-5-4-6-13(12)10-14/h7-8,10-11,15H,4-6,9H2,1-3H3. The van der Waals surface area contributed by atoms with Crippen molar-refractivity contribution in [2.45, 2.75) is 45.4 Å². The molecule has 0 fully saturated rings. The van der Waals surface area contributed by atoms with E-state index < -0.39 is 0 Å². The summed E-state index contributed by atoms with van der Waals surface area (Å²) in [5, 5.41) is 0. The highest BCUT2D eigenvalue weighted by Crippen LogP contribution is 2.30. The predicted octanol–water partition coefficient (Wildman–Crippen LogP) is 3.48. The van der Waals surface area contributed by atoms with Crippen LogP contribution < -0.4 is 0 Å². The molecule has 0 aromatic heterocycles. The molecule has 2 nitrogen and oxygen atoms in total. The van der Waals surface area contributed by atoms with Gasteiger partial charge < -0.3 is 4.74 Å². The quantitative estimate of drug-likeness (QED) is 0.760. The molecule has 0 saturated heterocycles. The minimum Gasteiger partial charge on any atom is -0.469 e. The molecule has 1 aromatic rings. The minimum absolute atomic E-state index is 0.110. The summed E-state index contributed by atoms with van der Waals surface area (Å²) in [6.07, 6.45) is 4.43. The topological polar surface area (TPSA) is 26.3 Å². The highest BCUT2D eigenvalue weighted by molar-refractivity contribution is 5.78. The first kappa shape index (κ1) is 13.1. The molecule has 2 heteroatoms. The zero-order valence-corrected chi connectivity index (χ0v) is 11.5. The second-order valence-corrected chi connectivity index (χ2v) is 5.59. The lowest BCUT2D eigenvalue weighted by atomic mass is 9.89. The van der Waals surface area contributed by atoms with Crippen LogP contribution in [0.3, 0.4) is 0 Å². The zero-order chi connectivity index (χ0) is 13.1. The number of rotatable bonds is 4. The summed E-state index contributed by atoms with van der Waals surface area (Å²) in [6, 6.07) is 6.51. The van der Waals surface area contributed by atoms with Crippen molar-refractivity contribution < 1.29 is 9.53 Å². The zero-order valence-electron chi connectivity index (χ0n) is 11.5. The Morgan fingerprint density at radius 3 is 2.67 bits per heavy atom. The summed E-state index contributed by atoms with van der Waals surface area (Å²) >= 11 is 0. The van der Waals surface area contributed by atoms with Gasteiger partial charge in [0.15, 0.2) is 0 Å². The van der Waals surface area contributed by atoms with Crippen LogP contribution in [0.1, 0.15) is 49.3 Å². The van der Waals surface area contributed by atoms with Crippen LogP contribution in [0.4, 0.5) is 0 Å². The summed E-state index contributed by atoms with van der Waals surface area (Å²) in [5.41, 5.74) is 3.99. The first-order valence-corrected chi connectivity index (χ1v) is 6.81. The number of hydrogen-bond donors (Lipinski definition) is 0. The fraction of sp³-hybridized carbons (Fsp3) is 0.562. The summed E-state index contributed by atoms with van der Waals surface area (Å²) in [7, 11) is 1.48. The van der Waals surface area contributed by atoms with Crippen molar-refractivity contribution in [1.29, 1.82) is 0 Å². The molecular formula is C16H22O2. The van der Waals surface area contributed by atoms with Gasteiger partial charge in [0.05, 0.1) is 13.0 Å². The van der Waals surface area contributed by atoms with Gasteiger partial charge in [-0.05, 0) is 48.3 Å². The lowest BCUT2D eigenvalue weighted by molar-refractivity contribution is -0.142. The van der Waals surface area contributed by atoms with Crippen LogP contribution in [0.2, 0.25) is 0 Å². The third kappa shape index (κ3) is 2.74. The van der Waals surface area contributed by atoms with Gasteiger partial charge in [0.1, 0.15) is 0 Å². The average molecular weight is 246 g/mol. The van der Waals surface area contributed by atoms with Crippen molar-refractivity contribution >= 4 is 5.97 Å². The molecule has 0 spiro atoms. The summed E-state index contributed by atoms with van der Waals surface area (Å²) < 4.78 is 4.95. The second-order valence-electron chi connectivity index (χ2n) is 5.59. The molecule has 2 rings (SSSR count). The van der Waals surface area contributed by atoms with E-state index in [1.54, 1.807) is 0 Å². The van der Waals surface area contributed by atoms with Crippen LogP contribution >= 0.6 is 0 Å². The number of hydrogen-bond acceptors (Lipinski definition) is 2. The number of methoxy groups -OCH3 is 1. The number of carbonyl (C=O) groups is 1. The van der Waals surface area contributed by atoms with Gasteiger partial charge in [-0.15, -0.1) is 0 Å². The number of carbonyl (C=O) groups excluding carboxylic acids is 1. The van der Waals surface area contributed by atoms with Gasteiger partial charge in [0.2, 0.25) is 0 Å². The van der Waals surface area contributed by atoms with E-state index in [9.17, 15) is 4.79 Å². The van der Waals surface area contributed by atoms with E-state index in [0.717, 1.165) is 18.4 Å². The maximum atomic E-state index is 11.9. The van der Waals surface area contributed by atoms with Crippen LogP contribution in [0.15, 0.2) is 18.2 Å². The average Bonchev–Trinajstić information content (AvgIpc) is 2.81. The first-order valence-electron chi connectivity index (χ1n) is 6.81. The molecule has 0 saturated carbocycles. The van der Waals surface area contributed by atoms with E-state index >= 15 is 0 Å². The van der Waals surface area contributed by atoms with Gasteiger partial charge in [-0.1, -0.05) is 32.0 Å². The van der Waals surface area contributed by atoms with E-state index in [-0.39, 0.29) is 11.9 Å². The Kier molecular flexibility index (Phi) is 4.05. The number of aryl methyl sites for hydroxylation is 2. The molecule has 18 heavy (non-hydrogen) atoms. The summed E-state index contributed by atoms with van der Waals surface area (Å²) in [6.45, 7) is 4.28. The van der Waals surface area contributed by atoms with E-state index in [1.165, 1.54) is 31.1 Å². The first-order chi connectivity index (χ1) is 8.61. The van der Waals surface area contributed by atoms with E-state index in [2.05, 4.69) is 32.0 Å². The third-order valence-electron chi connectivity index (χ3n) is 3.72. The van der Waals surface area contributed by atoms with Crippen LogP contribution in [-0.4, -0.2) is 13.1 Å². The van der Waals surface area contributed by atoms with Gasteiger partial charge in [-0.3, -0.25) is 4.79 Å². The molecule has 1 aliphatic carbocycles. The maximum absolute atomic E-state index is 11.9. The van der Waals surface area contributed by atoms with Crippen LogP contribution in [0.5, 0.6) is 0 Å². The van der Waals surface area contributed by atoms with Crippen LogP contribution in [-0.2, 0) is 22.4 Å². The monoisotopic (exact) mass is 246 g/mol. The Labute approximate surface area is 109 Å². The molecule has 0 aliphatic heterocycles. The highest BCUT2D eigenvalue weighted by atomic mass is 16.5. The van der Waals surface area contributed by atoms with Gasteiger partial charge in [0.25, 0.3) is 0 Å². The van der Waals surface area contributed by atoms with Gasteiger partial charge >= 0.3 is 5.97 Å². The van der Waals surface area contributed by atoms with Crippen LogP contribution in [0.25, 0.3) is 0 Å². The normalized spacial score (nSPS) is 15.6. The van der Waals surface area contributed by atoms with Crippen molar-refractivity contribution in [1.82, 2.24) is 0 Å². The number of fused-ring (bicyclic) bond motifs is 1. The molecule has 0 bridgehead atoms.